The molecule has 114 valence electrons. The molecule has 0 aliphatic carbocycles. The number of alkyl halides is 3. The van der Waals surface area contributed by atoms with Gasteiger partial charge in [0.2, 0.25) is 0 Å². The van der Waals surface area contributed by atoms with Crippen LogP contribution >= 0.6 is 0 Å². The van der Waals surface area contributed by atoms with Crippen LogP contribution < -0.4 is 4.72 Å². The minimum Gasteiger partial charge on any atom is -0.598 e. The van der Waals surface area contributed by atoms with Gasteiger partial charge in [-0.05, 0) is 52.3 Å². The zero-order valence-electron chi connectivity index (χ0n) is 12.3. The van der Waals surface area contributed by atoms with E-state index in [1.807, 2.05) is 0 Å². The van der Waals surface area contributed by atoms with Crippen molar-refractivity contribution in [3.8, 4) is 0 Å². The van der Waals surface area contributed by atoms with Crippen molar-refractivity contribution in [2.75, 3.05) is 0 Å². The van der Waals surface area contributed by atoms with Crippen molar-refractivity contribution >= 4 is 11.4 Å². The molecule has 1 rings (SSSR count). The lowest BCUT2D eigenvalue weighted by atomic mass is 10.0. The Bertz CT molecular complexity index is 468. The predicted molar refractivity (Wildman–Crippen MR) is 75.6 cm³/mol. The first-order chi connectivity index (χ1) is 8.91. The fourth-order valence-corrected chi connectivity index (χ4v) is 2.44. The van der Waals surface area contributed by atoms with E-state index in [0.717, 1.165) is 12.1 Å². The van der Waals surface area contributed by atoms with Gasteiger partial charge in [-0.1, -0.05) is 11.6 Å². The van der Waals surface area contributed by atoms with E-state index in [0.29, 0.717) is 11.1 Å². The van der Waals surface area contributed by atoms with Crippen molar-refractivity contribution in [3.63, 3.8) is 0 Å². The summed E-state index contributed by atoms with van der Waals surface area (Å²) in [4.78, 5) is 0. The second-order valence-electron chi connectivity index (χ2n) is 5.85. The SMILES string of the molecule is Cc1cc(C(C)N[S@+]([O-])C(C)(C)C)cc(C(F)(F)F)c1. The summed E-state index contributed by atoms with van der Waals surface area (Å²) in [6.45, 7) is 8.74. The first-order valence-corrected chi connectivity index (χ1v) is 7.43. The Hall–Kier alpha value is -0.720. The highest BCUT2D eigenvalue weighted by Crippen LogP contribution is 2.32. The molecule has 6 heteroatoms. The Labute approximate surface area is 121 Å². The fourth-order valence-electron chi connectivity index (χ4n) is 1.63. The lowest BCUT2D eigenvalue weighted by Crippen LogP contribution is -2.40. The maximum atomic E-state index is 12.8. The monoisotopic (exact) mass is 307 g/mol. The standard InChI is InChI=1S/C14H20F3NOS/c1-9-6-11(8-12(7-9)14(15,16)17)10(2)18-20(19)13(3,4)5/h6-8,10,18H,1-5H3/t10?,20-/m1/s1. The van der Waals surface area contributed by atoms with Crippen LogP contribution in [0.2, 0.25) is 0 Å². The molecule has 1 N–H and O–H groups in total. The maximum absolute atomic E-state index is 12.8. The van der Waals surface area contributed by atoms with Gasteiger partial charge in [-0.2, -0.15) is 13.2 Å². The Morgan fingerprint density at radius 2 is 1.70 bits per heavy atom. The van der Waals surface area contributed by atoms with Crippen molar-refractivity contribution in [1.29, 1.82) is 0 Å². The van der Waals surface area contributed by atoms with Crippen LogP contribution in [0.3, 0.4) is 0 Å². The molecule has 0 spiro atoms. The topological polar surface area (TPSA) is 35.1 Å². The Kier molecular flexibility index (Phi) is 5.16. The number of hydrogen-bond donors (Lipinski definition) is 1. The molecule has 1 aromatic rings. The lowest BCUT2D eigenvalue weighted by molar-refractivity contribution is -0.137. The van der Waals surface area contributed by atoms with Crippen LogP contribution in [0.15, 0.2) is 18.2 Å². The number of aryl methyl sites for hydroxylation is 1. The van der Waals surface area contributed by atoms with Crippen LogP contribution in [-0.2, 0) is 17.5 Å². The van der Waals surface area contributed by atoms with Gasteiger partial charge in [0, 0.05) is 11.4 Å². The second-order valence-corrected chi connectivity index (χ2v) is 7.85. The number of halogens is 3. The van der Waals surface area contributed by atoms with Crippen molar-refractivity contribution in [2.24, 2.45) is 0 Å². The van der Waals surface area contributed by atoms with Crippen LogP contribution in [0.1, 0.15) is 50.4 Å². The largest absolute Gasteiger partial charge is 0.598 e. The summed E-state index contributed by atoms with van der Waals surface area (Å²) in [6, 6.07) is 3.46. The van der Waals surface area contributed by atoms with Gasteiger partial charge in [0.25, 0.3) is 0 Å². The fraction of sp³-hybridized carbons (Fsp3) is 0.571. The first-order valence-electron chi connectivity index (χ1n) is 6.28. The van der Waals surface area contributed by atoms with E-state index in [9.17, 15) is 17.7 Å². The number of rotatable bonds is 3. The third-order valence-electron chi connectivity index (χ3n) is 2.77. The quantitative estimate of drug-likeness (QED) is 0.852. The summed E-state index contributed by atoms with van der Waals surface area (Å²) in [7, 11) is 0. The van der Waals surface area contributed by atoms with E-state index in [2.05, 4.69) is 4.72 Å². The zero-order valence-corrected chi connectivity index (χ0v) is 13.1. The highest BCUT2D eigenvalue weighted by molar-refractivity contribution is 7.90. The third kappa shape index (κ3) is 4.68. The summed E-state index contributed by atoms with van der Waals surface area (Å²) >= 11 is -1.33. The molecule has 0 bridgehead atoms. The van der Waals surface area contributed by atoms with E-state index in [-0.39, 0.29) is 0 Å². The van der Waals surface area contributed by atoms with Gasteiger partial charge in [-0.15, -0.1) is 4.72 Å². The average molecular weight is 307 g/mol. The predicted octanol–water partition coefficient (Wildman–Crippen LogP) is 4.13. The minimum atomic E-state index is -4.37. The van der Waals surface area contributed by atoms with Crippen LogP contribution in [0, 0.1) is 6.92 Å². The molecule has 0 aromatic heterocycles. The van der Waals surface area contributed by atoms with Crippen molar-refractivity contribution in [1.82, 2.24) is 4.72 Å². The van der Waals surface area contributed by atoms with Gasteiger partial charge in [0.1, 0.15) is 4.75 Å². The molecule has 20 heavy (non-hydrogen) atoms. The molecular weight excluding hydrogens is 287 g/mol. The van der Waals surface area contributed by atoms with Crippen LogP contribution in [-0.4, -0.2) is 9.30 Å². The average Bonchev–Trinajstić information content (AvgIpc) is 2.25. The maximum Gasteiger partial charge on any atom is 0.416 e. The van der Waals surface area contributed by atoms with E-state index in [1.54, 1.807) is 40.7 Å². The smallest absolute Gasteiger partial charge is 0.416 e. The molecule has 1 unspecified atom stereocenters. The number of nitrogens with one attached hydrogen (secondary N) is 1. The molecule has 0 aliphatic heterocycles. The van der Waals surface area contributed by atoms with Crippen LogP contribution in [0.5, 0.6) is 0 Å². The van der Waals surface area contributed by atoms with E-state index < -0.39 is 33.9 Å². The summed E-state index contributed by atoms with van der Waals surface area (Å²) in [6.07, 6.45) is -4.37. The Balaban J connectivity index is 2.99. The lowest BCUT2D eigenvalue weighted by Gasteiger charge is -2.27. The molecule has 0 fully saturated rings. The summed E-state index contributed by atoms with van der Waals surface area (Å²) in [5, 5.41) is 0. The van der Waals surface area contributed by atoms with E-state index in [1.165, 1.54) is 0 Å². The molecule has 1 aromatic carbocycles. The van der Waals surface area contributed by atoms with E-state index in [4.69, 9.17) is 0 Å². The van der Waals surface area contributed by atoms with Crippen molar-refractivity contribution < 1.29 is 17.7 Å². The molecule has 0 radical (unpaired) electrons. The summed E-state index contributed by atoms with van der Waals surface area (Å²) < 4.78 is 52.7. The van der Waals surface area contributed by atoms with Gasteiger partial charge in [0.05, 0.1) is 11.6 Å². The van der Waals surface area contributed by atoms with Crippen LogP contribution in [0.4, 0.5) is 13.2 Å². The third-order valence-corrected chi connectivity index (χ3v) is 4.45. The molecule has 0 heterocycles. The van der Waals surface area contributed by atoms with Gasteiger partial charge in [-0.25, -0.2) is 0 Å². The number of benzene rings is 1. The number of hydrogen-bond acceptors (Lipinski definition) is 2. The second kappa shape index (κ2) is 5.95. The Morgan fingerprint density at radius 1 is 1.15 bits per heavy atom. The van der Waals surface area contributed by atoms with Gasteiger partial charge in [0.15, 0.2) is 0 Å². The van der Waals surface area contributed by atoms with Crippen molar-refractivity contribution in [3.05, 3.63) is 34.9 Å². The summed E-state index contributed by atoms with van der Waals surface area (Å²) in [5.41, 5.74) is 0.336. The molecule has 0 amide bonds. The minimum absolute atomic E-state index is 0.420. The normalized spacial score (nSPS) is 16.1. The highest BCUT2D eigenvalue weighted by atomic mass is 32.2. The molecule has 0 saturated heterocycles. The molecule has 0 saturated carbocycles. The Morgan fingerprint density at radius 3 is 2.15 bits per heavy atom. The van der Waals surface area contributed by atoms with Gasteiger partial charge < -0.3 is 4.55 Å². The molecular formula is C14H20F3NOS. The molecule has 0 aliphatic rings. The van der Waals surface area contributed by atoms with Crippen LogP contribution in [0.25, 0.3) is 0 Å². The van der Waals surface area contributed by atoms with E-state index >= 15 is 0 Å². The van der Waals surface area contributed by atoms with Gasteiger partial charge >= 0.3 is 6.18 Å². The molecule has 2 atom stereocenters. The zero-order chi connectivity index (χ0) is 15.7. The highest BCUT2D eigenvalue weighted by Gasteiger charge is 2.32. The summed E-state index contributed by atoms with van der Waals surface area (Å²) in [5.74, 6) is 0. The molecule has 2 nitrogen and oxygen atoms in total. The van der Waals surface area contributed by atoms with Gasteiger partial charge in [-0.3, -0.25) is 0 Å². The van der Waals surface area contributed by atoms with Crippen molar-refractivity contribution in [2.45, 2.75) is 51.6 Å². The first kappa shape index (κ1) is 17.3.